The average molecular weight is 352 g/mol. The Balaban J connectivity index is 1.88. The Hall–Kier alpha value is -2.89. The van der Waals surface area contributed by atoms with Crippen LogP contribution in [0.1, 0.15) is 37.9 Å². The van der Waals surface area contributed by atoms with Gasteiger partial charge in [0.2, 0.25) is 5.43 Å². The summed E-state index contributed by atoms with van der Waals surface area (Å²) >= 11 is 0. The van der Waals surface area contributed by atoms with Gasteiger partial charge in [0.1, 0.15) is 5.69 Å². The Kier molecular flexibility index (Phi) is 5.51. The molecule has 0 aliphatic heterocycles. The van der Waals surface area contributed by atoms with Crippen LogP contribution < -0.4 is 5.43 Å². The van der Waals surface area contributed by atoms with Crippen molar-refractivity contribution in [2.45, 2.75) is 45.7 Å². The summed E-state index contributed by atoms with van der Waals surface area (Å²) in [4.78, 5) is 11.6. The number of pyridine rings is 1. The minimum absolute atomic E-state index is 0.0977. The lowest BCUT2D eigenvalue weighted by atomic mass is 10.1. The van der Waals surface area contributed by atoms with Crippen LogP contribution in [0.4, 0.5) is 0 Å². The second-order valence-corrected chi connectivity index (χ2v) is 6.51. The zero-order valence-corrected chi connectivity index (χ0v) is 15.2. The predicted molar refractivity (Wildman–Crippen MR) is 101 cm³/mol. The molecule has 0 fully saturated rings. The van der Waals surface area contributed by atoms with Crippen molar-refractivity contribution in [1.82, 2.24) is 19.6 Å². The molecule has 1 N–H and O–H groups in total. The summed E-state index contributed by atoms with van der Waals surface area (Å²) in [6, 6.07) is 11.5. The van der Waals surface area contributed by atoms with Gasteiger partial charge in [0.15, 0.2) is 5.75 Å². The third-order valence-corrected chi connectivity index (χ3v) is 4.67. The molecule has 0 aliphatic rings. The molecule has 0 bridgehead atoms. The lowest BCUT2D eigenvalue weighted by Crippen LogP contribution is -2.20. The van der Waals surface area contributed by atoms with E-state index in [1.165, 1.54) is 6.07 Å². The van der Waals surface area contributed by atoms with E-state index in [1.54, 1.807) is 13.1 Å². The first kappa shape index (κ1) is 17.9. The fraction of sp³-hybridized carbons (Fsp3) is 0.350. The summed E-state index contributed by atoms with van der Waals surface area (Å²) in [7, 11) is 0. The molecule has 1 unspecified atom stereocenters. The van der Waals surface area contributed by atoms with Crippen LogP contribution in [0, 0.1) is 6.92 Å². The molecule has 0 saturated carbocycles. The van der Waals surface area contributed by atoms with E-state index in [1.807, 2.05) is 45.8 Å². The van der Waals surface area contributed by atoms with Crippen molar-refractivity contribution in [3.8, 4) is 17.0 Å². The lowest BCUT2D eigenvalue weighted by Gasteiger charge is -2.20. The van der Waals surface area contributed by atoms with Crippen molar-refractivity contribution in [2.75, 3.05) is 0 Å². The largest absolute Gasteiger partial charge is 0.503 e. The van der Waals surface area contributed by atoms with Crippen LogP contribution in [0.2, 0.25) is 0 Å². The molecule has 2 aromatic heterocycles. The van der Waals surface area contributed by atoms with Gasteiger partial charge in [-0.05, 0) is 13.3 Å². The summed E-state index contributed by atoms with van der Waals surface area (Å²) in [5.74, 6) is -0.190. The Bertz CT molecular complexity index is 915. The summed E-state index contributed by atoms with van der Waals surface area (Å²) in [6.45, 7) is 4.53. The molecule has 1 atom stereocenters. The lowest BCUT2D eigenvalue weighted by molar-refractivity contribution is 0.348. The van der Waals surface area contributed by atoms with E-state index >= 15 is 0 Å². The zero-order valence-electron chi connectivity index (χ0n) is 15.2. The van der Waals surface area contributed by atoms with Crippen molar-refractivity contribution >= 4 is 0 Å². The fourth-order valence-electron chi connectivity index (χ4n) is 3.03. The first-order valence-electron chi connectivity index (χ1n) is 8.96. The molecule has 0 radical (unpaired) electrons. The van der Waals surface area contributed by atoms with Crippen molar-refractivity contribution in [2.24, 2.45) is 0 Å². The average Bonchev–Trinajstić information content (AvgIpc) is 3.16. The van der Waals surface area contributed by atoms with Crippen LogP contribution in [0.25, 0.3) is 11.3 Å². The highest BCUT2D eigenvalue weighted by molar-refractivity contribution is 5.57. The van der Waals surface area contributed by atoms with Gasteiger partial charge in [-0.1, -0.05) is 55.3 Å². The van der Waals surface area contributed by atoms with Gasteiger partial charge in [-0.25, -0.2) is 4.68 Å². The highest BCUT2D eigenvalue weighted by Crippen LogP contribution is 2.22. The van der Waals surface area contributed by atoms with Gasteiger partial charge in [-0.2, -0.15) is 0 Å². The summed E-state index contributed by atoms with van der Waals surface area (Å²) < 4.78 is 3.80. The molecule has 0 amide bonds. The maximum Gasteiger partial charge on any atom is 0.223 e. The van der Waals surface area contributed by atoms with Crippen LogP contribution in [0.3, 0.4) is 0 Å². The van der Waals surface area contributed by atoms with E-state index in [9.17, 15) is 9.90 Å². The number of hydrogen-bond donors (Lipinski definition) is 1. The molecule has 1 aromatic carbocycles. The van der Waals surface area contributed by atoms with Crippen LogP contribution in [0.5, 0.6) is 5.75 Å². The molecule has 3 rings (SSSR count). The van der Waals surface area contributed by atoms with Gasteiger partial charge in [0, 0.05) is 24.4 Å². The third kappa shape index (κ3) is 3.85. The first-order valence-corrected chi connectivity index (χ1v) is 8.96. The smallest absolute Gasteiger partial charge is 0.223 e. The first-order chi connectivity index (χ1) is 12.6. The van der Waals surface area contributed by atoms with Crippen molar-refractivity contribution in [3.05, 3.63) is 64.7 Å². The molecule has 0 saturated heterocycles. The van der Waals surface area contributed by atoms with Crippen LogP contribution in [0.15, 0.2) is 53.6 Å². The van der Waals surface area contributed by atoms with Crippen LogP contribution in [-0.4, -0.2) is 24.7 Å². The Labute approximate surface area is 152 Å². The van der Waals surface area contributed by atoms with Gasteiger partial charge >= 0.3 is 0 Å². The van der Waals surface area contributed by atoms with Crippen LogP contribution in [-0.2, 0) is 6.54 Å². The quantitative estimate of drug-likeness (QED) is 0.706. The topological polar surface area (TPSA) is 72.9 Å². The number of aromatic nitrogens is 4. The van der Waals surface area contributed by atoms with Crippen molar-refractivity contribution < 1.29 is 5.11 Å². The van der Waals surface area contributed by atoms with E-state index < -0.39 is 0 Å². The van der Waals surface area contributed by atoms with Crippen LogP contribution >= 0.6 is 0 Å². The Morgan fingerprint density at radius 2 is 1.96 bits per heavy atom. The van der Waals surface area contributed by atoms with Gasteiger partial charge < -0.3 is 9.67 Å². The molecular weight excluding hydrogens is 328 g/mol. The molecule has 3 aromatic rings. The highest BCUT2D eigenvalue weighted by Gasteiger charge is 2.16. The molecule has 2 heterocycles. The maximum absolute atomic E-state index is 11.6. The van der Waals surface area contributed by atoms with E-state index in [0.29, 0.717) is 12.2 Å². The van der Waals surface area contributed by atoms with Gasteiger partial charge in [-0.3, -0.25) is 4.79 Å². The maximum atomic E-state index is 11.6. The number of rotatable bonds is 7. The number of nitrogens with zero attached hydrogens (tertiary/aromatic N) is 4. The van der Waals surface area contributed by atoms with E-state index in [-0.39, 0.29) is 17.2 Å². The molecule has 136 valence electrons. The summed E-state index contributed by atoms with van der Waals surface area (Å²) in [5.41, 5.74) is 2.09. The second kappa shape index (κ2) is 7.99. The Morgan fingerprint density at radius 3 is 2.69 bits per heavy atom. The normalized spacial score (nSPS) is 12.2. The number of aromatic hydroxyl groups is 1. The number of hydrogen-bond acceptors (Lipinski definition) is 4. The SMILES string of the molecule is CCCCC(Cn1ccc(=O)c(O)c1C)n1cc(-c2ccccc2)nn1. The summed E-state index contributed by atoms with van der Waals surface area (Å²) in [5, 5.41) is 18.6. The predicted octanol–water partition coefficient (Wildman–Crippen LogP) is 3.55. The molecule has 0 spiro atoms. The minimum Gasteiger partial charge on any atom is -0.503 e. The molecule has 6 nitrogen and oxygen atoms in total. The molecule has 26 heavy (non-hydrogen) atoms. The second-order valence-electron chi connectivity index (χ2n) is 6.51. The third-order valence-electron chi connectivity index (χ3n) is 4.67. The minimum atomic E-state index is -0.351. The van der Waals surface area contributed by atoms with E-state index in [4.69, 9.17) is 0 Å². The van der Waals surface area contributed by atoms with Gasteiger partial charge in [0.25, 0.3) is 0 Å². The van der Waals surface area contributed by atoms with E-state index in [2.05, 4.69) is 17.2 Å². The Morgan fingerprint density at radius 1 is 1.19 bits per heavy atom. The van der Waals surface area contributed by atoms with Crippen molar-refractivity contribution in [1.29, 1.82) is 0 Å². The highest BCUT2D eigenvalue weighted by atomic mass is 16.3. The zero-order chi connectivity index (χ0) is 18.5. The molecule has 0 aliphatic carbocycles. The monoisotopic (exact) mass is 352 g/mol. The fourth-order valence-corrected chi connectivity index (χ4v) is 3.03. The van der Waals surface area contributed by atoms with Crippen molar-refractivity contribution in [3.63, 3.8) is 0 Å². The summed E-state index contributed by atoms with van der Waals surface area (Å²) in [6.07, 6.45) is 6.79. The number of benzene rings is 1. The van der Waals surface area contributed by atoms with Gasteiger partial charge in [0.05, 0.1) is 17.9 Å². The van der Waals surface area contributed by atoms with E-state index in [0.717, 1.165) is 30.5 Å². The van der Waals surface area contributed by atoms with Gasteiger partial charge in [-0.15, -0.1) is 5.10 Å². The molecule has 6 heteroatoms. The molecular formula is C20H24N4O2. The standard InChI is InChI=1S/C20H24N4O2/c1-3-4-10-17(13-23-12-11-19(25)20(26)15(23)2)24-14-18(21-22-24)16-8-6-5-7-9-16/h5-9,11-12,14,17,26H,3-4,10,13H2,1-2H3. The number of unbranched alkanes of at least 4 members (excludes halogenated alkanes) is 1.